The zero-order valence-electron chi connectivity index (χ0n) is 19.0. The van der Waals surface area contributed by atoms with Gasteiger partial charge in [-0.3, -0.25) is 13.9 Å². The van der Waals surface area contributed by atoms with E-state index in [1.165, 1.54) is 0 Å². The van der Waals surface area contributed by atoms with Gasteiger partial charge in [0.15, 0.2) is 0 Å². The molecule has 2 aromatic rings. The molecule has 0 atom stereocenters. The summed E-state index contributed by atoms with van der Waals surface area (Å²) in [4.78, 5) is 26.3. The Bertz CT molecular complexity index is 1030. The van der Waals surface area contributed by atoms with Gasteiger partial charge in [0.1, 0.15) is 18.9 Å². The van der Waals surface area contributed by atoms with Gasteiger partial charge in [-0.1, -0.05) is 30.3 Å². The zero-order chi connectivity index (χ0) is 23.8. The first kappa shape index (κ1) is 24.6. The lowest BCUT2D eigenvalue weighted by Crippen LogP contribution is -2.46. The van der Waals surface area contributed by atoms with Gasteiger partial charge < -0.3 is 14.4 Å². The lowest BCUT2D eigenvalue weighted by Gasteiger charge is -2.32. The van der Waals surface area contributed by atoms with Gasteiger partial charge in [-0.05, 0) is 49.6 Å². The van der Waals surface area contributed by atoms with Crippen molar-refractivity contribution in [3.8, 4) is 5.75 Å². The summed E-state index contributed by atoms with van der Waals surface area (Å²) in [6.45, 7) is 2.98. The lowest BCUT2D eigenvalue weighted by atomic mass is 9.97. The van der Waals surface area contributed by atoms with Crippen molar-refractivity contribution in [3.05, 3.63) is 60.2 Å². The number of sulfonamides is 1. The zero-order valence-corrected chi connectivity index (χ0v) is 19.8. The van der Waals surface area contributed by atoms with E-state index < -0.39 is 10.0 Å². The third-order valence-electron chi connectivity index (χ3n) is 5.52. The lowest BCUT2D eigenvalue weighted by molar-refractivity contribution is -0.151. The van der Waals surface area contributed by atoms with Crippen LogP contribution in [0, 0.1) is 5.92 Å². The molecule has 0 N–H and O–H groups in total. The maximum atomic E-state index is 12.8. The molecule has 1 aliphatic rings. The molecule has 0 spiro atoms. The summed E-state index contributed by atoms with van der Waals surface area (Å²) < 4.78 is 36.7. The smallest absolute Gasteiger partial charge is 0.309 e. The van der Waals surface area contributed by atoms with Crippen LogP contribution in [0.15, 0.2) is 54.6 Å². The van der Waals surface area contributed by atoms with Crippen molar-refractivity contribution in [2.24, 2.45) is 5.92 Å². The van der Waals surface area contributed by atoms with E-state index in [1.54, 1.807) is 36.1 Å². The highest BCUT2D eigenvalue weighted by Gasteiger charge is 2.30. The molecule has 178 valence electrons. The predicted molar refractivity (Wildman–Crippen MR) is 125 cm³/mol. The highest BCUT2D eigenvalue weighted by Crippen LogP contribution is 2.24. The Morgan fingerprint density at radius 3 is 2.24 bits per heavy atom. The quantitative estimate of drug-likeness (QED) is 0.519. The van der Waals surface area contributed by atoms with E-state index >= 15 is 0 Å². The van der Waals surface area contributed by atoms with Crippen molar-refractivity contribution in [1.82, 2.24) is 4.90 Å². The maximum absolute atomic E-state index is 12.8. The number of ether oxygens (including phenoxy) is 2. The first-order valence-corrected chi connectivity index (χ1v) is 12.8. The van der Waals surface area contributed by atoms with Crippen molar-refractivity contribution in [2.45, 2.75) is 26.4 Å². The van der Waals surface area contributed by atoms with Crippen molar-refractivity contribution in [2.75, 3.05) is 36.8 Å². The number of carbonyl (C=O) groups is 2. The summed E-state index contributed by atoms with van der Waals surface area (Å²) in [6, 6.07) is 16.3. The van der Waals surface area contributed by atoms with Crippen molar-refractivity contribution < 1.29 is 27.5 Å². The number of hydrogen-bond donors (Lipinski definition) is 0. The minimum absolute atomic E-state index is 0.219. The number of likely N-dealkylation sites (tertiary alicyclic amines) is 1. The number of anilines is 1. The van der Waals surface area contributed by atoms with Crippen molar-refractivity contribution in [3.63, 3.8) is 0 Å². The van der Waals surface area contributed by atoms with E-state index in [2.05, 4.69) is 0 Å². The first-order chi connectivity index (χ1) is 15.8. The fraction of sp³-hybridized carbons (Fsp3) is 0.417. The van der Waals surface area contributed by atoms with E-state index in [4.69, 9.17) is 9.47 Å². The summed E-state index contributed by atoms with van der Waals surface area (Å²) in [6.07, 6.45) is 2.10. The molecule has 0 unspecified atom stereocenters. The highest BCUT2D eigenvalue weighted by atomic mass is 32.2. The van der Waals surface area contributed by atoms with E-state index in [1.807, 2.05) is 30.3 Å². The molecule has 9 heteroatoms. The summed E-state index contributed by atoms with van der Waals surface area (Å²) in [5.74, 6) is -0.157. The molecule has 1 saturated heterocycles. The van der Waals surface area contributed by atoms with Crippen LogP contribution in [0.4, 0.5) is 5.69 Å². The topological polar surface area (TPSA) is 93.2 Å². The Hall–Kier alpha value is -3.07. The van der Waals surface area contributed by atoms with Crippen molar-refractivity contribution >= 4 is 27.6 Å². The second-order valence-corrected chi connectivity index (χ2v) is 9.85. The van der Waals surface area contributed by atoms with Gasteiger partial charge in [-0.25, -0.2) is 8.42 Å². The molecule has 33 heavy (non-hydrogen) atoms. The minimum Gasteiger partial charge on any atom is -0.489 e. The summed E-state index contributed by atoms with van der Waals surface area (Å²) >= 11 is 0. The van der Waals surface area contributed by atoms with Gasteiger partial charge in [0.05, 0.1) is 24.5 Å². The molecular formula is C24H30N2O6S. The van der Waals surface area contributed by atoms with E-state index in [-0.39, 0.29) is 24.3 Å². The molecule has 0 aromatic heterocycles. The third-order valence-corrected chi connectivity index (χ3v) is 6.66. The number of amides is 1. The second kappa shape index (κ2) is 11.2. The summed E-state index contributed by atoms with van der Waals surface area (Å²) in [7, 11) is -3.68. The van der Waals surface area contributed by atoms with Gasteiger partial charge in [-0.2, -0.15) is 0 Å². The van der Waals surface area contributed by atoms with Gasteiger partial charge in [0.2, 0.25) is 15.9 Å². The molecular weight excluding hydrogens is 444 g/mol. The fourth-order valence-electron chi connectivity index (χ4n) is 3.70. The largest absolute Gasteiger partial charge is 0.489 e. The highest BCUT2D eigenvalue weighted by molar-refractivity contribution is 7.92. The Morgan fingerprint density at radius 2 is 1.67 bits per heavy atom. The number of esters is 1. The molecule has 0 saturated carbocycles. The van der Waals surface area contributed by atoms with Gasteiger partial charge in [0, 0.05) is 13.1 Å². The summed E-state index contributed by atoms with van der Waals surface area (Å²) in [5.41, 5.74) is 1.41. The molecule has 3 rings (SSSR count). The van der Waals surface area contributed by atoms with Gasteiger partial charge in [0.25, 0.3) is 0 Å². The molecule has 1 aliphatic heterocycles. The Morgan fingerprint density at radius 1 is 1.03 bits per heavy atom. The number of piperidine rings is 1. The Labute approximate surface area is 195 Å². The van der Waals surface area contributed by atoms with Crippen LogP contribution in [0.25, 0.3) is 0 Å². The van der Waals surface area contributed by atoms with Gasteiger partial charge >= 0.3 is 5.97 Å². The normalized spacial score (nSPS) is 14.5. The van der Waals surface area contributed by atoms with E-state index in [0.29, 0.717) is 50.6 Å². The van der Waals surface area contributed by atoms with Crippen LogP contribution < -0.4 is 9.04 Å². The number of hydrogen-bond acceptors (Lipinski definition) is 6. The molecule has 2 aromatic carbocycles. The van der Waals surface area contributed by atoms with E-state index in [9.17, 15) is 18.0 Å². The molecule has 1 fully saturated rings. The van der Waals surface area contributed by atoms with Crippen LogP contribution in [0.1, 0.15) is 25.3 Å². The first-order valence-electron chi connectivity index (χ1n) is 11.0. The number of rotatable bonds is 9. The maximum Gasteiger partial charge on any atom is 0.309 e. The average Bonchev–Trinajstić information content (AvgIpc) is 2.82. The minimum atomic E-state index is -3.68. The van der Waals surface area contributed by atoms with Crippen LogP contribution in [0.3, 0.4) is 0 Å². The molecule has 0 radical (unpaired) electrons. The van der Waals surface area contributed by atoms with Crippen LogP contribution in [0.5, 0.6) is 5.75 Å². The van der Waals surface area contributed by atoms with E-state index in [0.717, 1.165) is 16.1 Å². The number of carbonyl (C=O) groups excluding carboxylic acids is 2. The molecule has 0 aliphatic carbocycles. The van der Waals surface area contributed by atoms with Crippen LogP contribution in [-0.4, -0.2) is 57.7 Å². The molecule has 1 amide bonds. The summed E-state index contributed by atoms with van der Waals surface area (Å²) in [5, 5.41) is 0. The van der Waals surface area contributed by atoms with Gasteiger partial charge in [-0.15, -0.1) is 0 Å². The Kier molecular flexibility index (Phi) is 8.32. The van der Waals surface area contributed by atoms with Crippen molar-refractivity contribution in [1.29, 1.82) is 0 Å². The number of nitrogens with zero attached hydrogens (tertiary/aromatic N) is 2. The SMILES string of the molecule is CCOC(=O)C1CCN(C(=O)CN(c2ccc(OCc3ccccc3)cc2)S(C)(=O)=O)CC1. The second-order valence-electron chi connectivity index (χ2n) is 7.94. The fourth-order valence-corrected chi connectivity index (χ4v) is 4.55. The molecule has 1 heterocycles. The predicted octanol–water partition coefficient (Wildman–Crippen LogP) is 2.83. The van der Waals surface area contributed by atoms with Crippen LogP contribution in [-0.2, 0) is 31.0 Å². The number of benzene rings is 2. The van der Waals surface area contributed by atoms with Crippen LogP contribution >= 0.6 is 0 Å². The monoisotopic (exact) mass is 474 g/mol. The standard InChI is InChI=1S/C24H30N2O6S/c1-3-31-24(28)20-13-15-25(16-14-20)23(27)17-26(33(2,29)30)21-9-11-22(12-10-21)32-18-19-7-5-4-6-8-19/h4-12,20H,3,13-18H2,1-2H3. The van der Waals surface area contributed by atoms with Crippen LogP contribution in [0.2, 0.25) is 0 Å². The molecule has 8 nitrogen and oxygen atoms in total. The Balaban J connectivity index is 1.61. The average molecular weight is 475 g/mol. The third kappa shape index (κ3) is 6.95. The molecule has 0 bridgehead atoms.